The second kappa shape index (κ2) is 14.5. The molecule has 0 saturated carbocycles. The Morgan fingerprint density at radius 1 is 1.02 bits per heavy atom. The minimum absolute atomic E-state index is 0.00554. The van der Waals surface area contributed by atoms with Gasteiger partial charge < -0.3 is 20.6 Å². The van der Waals surface area contributed by atoms with Crippen molar-refractivity contribution in [3.05, 3.63) is 116 Å². The molecule has 1 unspecified atom stereocenters. The van der Waals surface area contributed by atoms with Crippen LogP contribution in [0.3, 0.4) is 0 Å². The van der Waals surface area contributed by atoms with Crippen molar-refractivity contribution in [1.82, 2.24) is 25.5 Å². The third-order valence-corrected chi connectivity index (χ3v) is 8.95. The molecule has 0 spiro atoms. The Hall–Kier alpha value is -4.13. The van der Waals surface area contributed by atoms with E-state index in [4.69, 9.17) is 0 Å². The van der Waals surface area contributed by atoms with Gasteiger partial charge in [0.2, 0.25) is 0 Å². The highest BCUT2D eigenvalue weighted by Crippen LogP contribution is 2.35. The normalized spacial score (nSPS) is 16.3. The van der Waals surface area contributed by atoms with Crippen LogP contribution < -0.4 is 10.6 Å². The zero-order chi connectivity index (χ0) is 32.8. The largest absolute Gasteiger partial charge is 0.416 e. The van der Waals surface area contributed by atoms with Crippen molar-refractivity contribution in [2.75, 3.05) is 13.1 Å². The SMILES string of the molecule is Cc1cc(C(=O)N2CCCC2c2nc(C)cs2)cc(C(=O)N[C@@H](Cc2ccccc2)[C@H](O)CNCc2cccc(C(F)(F)F)c2)n1. The van der Waals surface area contributed by atoms with Gasteiger partial charge in [-0.25, -0.2) is 9.97 Å². The number of nitrogens with one attached hydrogen (secondary N) is 2. The summed E-state index contributed by atoms with van der Waals surface area (Å²) >= 11 is 1.53. The lowest BCUT2D eigenvalue weighted by atomic mass is 10.0. The fourth-order valence-corrected chi connectivity index (χ4v) is 6.57. The molecule has 0 radical (unpaired) electrons. The lowest BCUT2D eigenvalue weighted by Crippen LogP contribution is -2.49. The van der Waals surface area contributed by atoms with Crippen molar-refractivity contribution in [2.24, 2.45) is 0 Å². The Labute approximate surface area is 269 Å². The minimum Gasteiger partial charge on any atom is -0.390 e. The maximum absolute atomic E-state index is 13.7. The lowest BCUT2D eigenvalue weighted by Gasteiger charge is -2.25. The zero-order valence-electron chi connectivity index (χ0n) is 25.6. The number of rotatable bonds is 11. The quantitative estimate of drug-likeness (QED) is 0.194. The van der Waals surface area contributed by atoms with Crippen molar-refractivity contribution < 1.29 is 27.9 Å². The maximum Gasteiger partial charge on any atom is 0.416 e. The van der Waals surface area contributed by atoms with Crippen molar-refractivity contribution in [3.8, 4) is 0 Å². The number of carbonyl (C=O) groups excluding carboxylic acids is 2. The number of pyridine rings is 1. The van der Waals surface area contributed by atoms with Gasteiger partial charge >= 0.3 is 6.18 Å². The number of nitrogens with zero attached hydrogens (tertiary/aromatic N) is 3. The van der Waals surface area contributed by atoms with E-state index in [0.29, 0.717) is 29.8 Å². The van der Waals surface area contributed by atoms with E-state index in [2.05, 4.69) is 20.6 Å². The number of carbonyl (C=O) groups is 2. The van der Waals surface area contributed by atoms with Crippen LogP contribution in [0.25, 0.3) is 0 Å². The molecule has 1 saturated heterocycles. The van der Waals surface area contributed by atoms with E-state index >= 15 is 0 Å². The molecule has 0 aliphatic carbocycles. The standard InChI is InChI=1S/C34H36F3N5O3S/c1-21-14-25(33(45)42-13-7-12-29(42)32-40-22(2)20-46-32)17-28(39-21)31(44)41-27(16-23-8-4-3-5-9-23)30(43)19-38-18-24-10-6-11-26(15-24)34(35,36)37/h3-6,8-11,14-15,17,20,27,29-30,38,43H,7,12-13,16,18-19H2,1-2H3,(H,41,44)/t27-,29?,30+/m0/s1. The molecule has 4 aromatic rings. The molecule has 3 heterocycles. The topological polar surface area (TPSA) is 107 Å². The van der Waals surface area contributed by atoms with Crippen LogP contribution in [0, 0.1) is 13.8 Å². The Bertz CT molecular complexity index is 1660. The highest BCUT2D eigenvalue weighted by Gasteiger charge is 2.33. The van der Waals surface area contributed by atoms with Gasteiger partial charge in [-0.3, -0.25) is 9.59 Å². The average molecular weight is 652 g/mol. The predicted octanol–water partition coefficient (Wildman–Crippen LogP) is 5.64. The Morgan fingerprint density at radius 2 is 1.78 bits per heavy atom. The van der Waals surface area contributed by atoms with Gasteiger partial charge in [-0.05, 0) is 62.4 Å². The number of amides is 2. The zero-order valence-corrected chi connectivity index (χ0v) is 26.4. The van der Waals surface area contributed by atoms with Crippen LogP contribution in [0.2, 0.25) is 0 Å². The van der Waals surface area contributed by atoms with Crippen molar-refractivity contribution >= 4 is 23.2 Å². The van der Waals surface area contributed by atoms with E-state index in [1.54, 1.807) is 24.0 Å². The summed E-state index contributed by atoms with van der Waals surface area (Å²) in [5, 5.41) is 19.9. The number of halogens is 3. The summed E-state index contributed by atoms with van der Waals surface area (Å²) in [4.78, 5) is 38.0. The van der Waals surface area contributed by atoms with Crippen LogP contribution in [0.1, 0.15) is 72.8 Å². The predicted molar refractivity (Wildman–Crippen MR) is 169 cm³/mol. The van der Waals surface area contributed by atoms with Crippen LogP contribution in [-0.4, -0.2) is 57.0 Å². The van der Waals surface area contributed by atoms with E-state index in [0.717, 1.165) is 41.2 Å². The molecule has 2 aromatic heterocycles. The first kappa shape index (κ1) is 33.2. The van der Waals surface area contributed by atoms with Crippen molar-refractivity contribution in [1.29, 1.82) is 0 Å². The van der Waals surface area contributed by atoms with Crippen LogP contribution in [0.4, 0.5) is 13.2 Å². The second-order valence-corrected chi connectivity index (χ2v) is 12.4. The third-order valence-electron chi connectivity index (χ3n) is 7.88. The summed E-state index contributed by atoms with van der Waals surface area (Å²) in [5.41, 5.74) is 2.35. The Kier molecular flexibility index (Phi) is 10.5. The maximum atomic E-state index is 13.7. The van der Waals surface area contributed by atoms with Gasteiger partial charge in [-0.15, -0.1) is 11.3 Å². The number of aliphatic hydroxyl groups excluding tert-OH is 1. The monoisotopic (exact) mass is 651 g/mol. The molecular formula is C34H36F3N5O3S. The molecule has 1 aliphatic rings. The average Bonchev–Trinajstić information content (AvgIpc) is 3.69. The first-order chi connectivity index (χ1) is 22.0. The highest BCUT2D eigenvalue weighted by atomic mass is 32.1. The second-order valence-electron chi connectivity index (χ2n) is 11.5. The summed E-state index contributed by atoms with van der Waals surface area (Å²) in [7, 11) is 0. The summed E-state index contributed by atoms with van der Waals surface area (Å²) in [5.74, 6) is -0.751. The van der Waals surface area contributed by atoms with E-state index < -0.39 is 29.8 Å². The van der Waals surface area contributed by atoms with Crippen LogP contribution >= 0.6 is 11.3 Å². The van der Waals surface area contributed by atoms with Crippen LogP contribution in [0.5, 0.6) is 0 Å². The fraction of sp³-hybridized carbons (Fsp3) is 0.353. The summed E-state index contributed by atoms with van der Waals surface area (Å²) < 4.78 is 39.4. The Morgan fingerprint density at radius 3 is 2.50 bits per heavy atom. The number of hydrogen-bond acceptors (Lipinski definition) is 7. The summed E-state index contributed by atoms with van der Waals surface area (Å²) in [6, 6.07) is 16.6. The highest BCUT2D eigenvalue weighted by molar-refractivity contribution is 7.09. The van der Waals surface area contributed by atoms with Gasteiger partial charge in [0.25, 0.3) is 11.8 Å². The molecule has 242 valence electrons. The van der Waals surface area contributed by atoms with Gasteiger partial charge in [-0.2, -0.15) is 13.2 Å². The van der Waals surface area contributed by atoms with Crippen LogP contribution in [0.15, 0.2) is 72.1 Å². The number of hydrogen-bond donors (Lipinski definition) is 3. The molecule has 5 rings (SSSR count). The number of likely N-dealkylation sites (tertiary alicyclic amines) is 1. The van der Waals surface area contributed by atoms with Gasteiger partial charge in [0.05, 0.1) is 23.8 Å². The fourth-order valence-electron chi connectivity index (χ4n) is 5.62. The first-order valence-electron chi connectivity index (χ1n) is 15.1. The molecule has 0 bridgehead atoms. The smallest absolute Gasteiger partial charge is 0.390 e. The van der Waals surface area contributed by atoms with Gasteiger partial charge in [-0.1, -0.05) is 48.5 Å². The molecule has 46 heavy (non-hydrogen) atoms. The number of aromatic nitrogens is 2. The Balaban J connectivity index is 1.29. The molecule has 2 amide bonds. The van der Waals surface area contributed by atoms with Crippen LogP contribution in [-0.2, 0) is 19.1 Å². The minimum atomic E-state index is -4.45. The van der Waals surface area contributed by atoms with Gasteiger partial charge in [0, 0.05) is 42.0 Å². The van der Waals surface area contributed by atoms with Crippen molar-refractivity contribution in [3.63, 3.8) is 0 Å². The number of thiazole rings is 1. The summed E-state index contributed by atoms with van der Waals surface area (Å²) in [6.07, 6.45) is -3.58. The molecule has 2 aromatic carbocycles. The number of aryl methyl sites for hydroxylation is 2. The van der Waals surface area contributed by atoms with Crippen molar-refractivity contribution in [2.45, 2.75) is 64.0 Å². The number of alkyl halides is 3. The van der Waals surface area contributed by atoms with Gasteiger partial charge in [0.15, 0.2) is 0 Å². The van der Waals surface area contributed by atoms with E-state index in [9.17, 15) is 27.9 Å². The molecular weight excluding hydrogens is 615 g/mol. The summed E-state index contributed by atoms with van der Waals surface area (Å²) in [6.45, 7) is 4.32. The van der Waals surface area contributed by atoms with E-state index in [-0.39, 0.29) is 30.7 Å². The van der Waals surface area contributed by atoms with E-state index in [1.165, 1.54) is 23.5 Å². The van der Waals surface area contributed by atoms with Gasteiger partial charge in [0.1, 0.15) is 10.7 Å². The number of aliphatic hydroxyl groups is 1. The molecule has 12 heteroatoms. The molecule has 1 fully saturated rings. The molecule has 8 nitrogen and oxygen atoms in total. The molecule has 3 atom stereocenters. The first-order valence-corrected chi connectivity index (χ1v) is 16.0. The van der Waals surface area contributed by atoms with E-state index in [1.807, 2.05) is 42.6 Å². The molecule has 1 aliphatic heterocycles. The lowest BCUT2D eigenvalue weighted by molar-refractivity contribution is -0.137. The third kappa shape index (κ3) is 8.36. The molecule has 3 N–H and O–H groups in total. The number of benzene rings is 2.